The number of amides is 2. The maximum Gasteiger partial charge on any atom is 0.434 e. The van der Waals surface area contributed by atoms with E-state index in [4.69, 9.17) is 16.0 Å². The normalized spacial score (nSPS) is 15.1. The van der Waals surface area contributed by atoms with E-state index in [0.29, 0.717) is 36.2 Å². The summed E-state index contributed by atoms with van der Waals surface area (Å²) in [5, 5.41) is 6.67. The highest BCUT2D eigenvalue weighted by Gasteiger charge is 2.41. The summed E-state index contributed by atoms with van der Waals surface area (Å²) in [7, 11) is 0. The lowest BCUT2D eigenvalue weighted by atomic mass is 10.0. The molecule has 0 atom stereocenters. The van der Waals surface area contributed by atoms with Crippen LogP contribution in [0.25, 0.3) is 5.69 Å². The fourth-order valence-electron chi connectivity index (χ4n) is 3.65. The number of piperidine rings is 1. The van der Waals surface area contributed by atoms with Gasteiger partial charge < -0.3 is 14.6 Å². The molecule has 0 bridgehead atoms. The number of furan rings is 1. The highest BCUT2D eigenvalue weighted by atomic mass is 35.5. The Kier molecular flexibility index (Phi) is 5.96. The quantitative estimate of drug-likeness (QED) is 0.625. The molecule has 0 radical (unpaired) electrons. The number of rotatable bonds is 4. The minimum atomic E-state index is -4.81. The lowest BCUT2D eigenvalue weighted by molar-refractivity contribution is -0.143. The highest BCUT2D eigenvalue weighted by Crippen LogP contribution is 2.34. The summed E-state index contributed by atoms with van der Waals surface area (Å²) in [6.45, 7) is 0.728. The van der Waals surface area contributed by atoms with Gasteiger partial charge in [0.25, 0.3) is 11.8 Å². The number of alkyl halides is 3. The van der Waals surface area contributed by atoms with Crippen LogP contribution in [-0.2, 0) is 6.18 Å². The standard InChI is InChI=1S/C21H18ClF3N4O3/c22-14-2-1-3-16(10-14)29-18(21(23,24)25)17(11-26-29)19(30)27-15-4-7-28(8-5-15)20(31)13-6-9-32-12-13/h1-3,6,9-12,15H,4-5,7-8H2,(H,27,30). The summed E-state index contributed by atoms with van der Waals surface area (Å²) >= 11 is 5.89. The largest absolute Gasteiger partial charge is 0.472 e. The van der Waals surface area contributed by atoms with Crippen LogP contribution in [0.15, 0.2) is 53.5 Å². The van der Waals surface area contributed by atoms with Crippen LogP contribution in [0.3, 0.4) is 0 Å². The third kappa shape index (κ3) is 4.50. The van der Waals surface area contributed by atoms with Gasteiger partial charge in [-0.1, -0.05) is 17.7 Å². The van der Waals surface area contributed by atoms with Crippen LogP contribution in [0.1, 0.15) is 39.3 Å². The Morgan fingerprint density at radius 2 is 1.94 bits per heavy atom. The molecule has 1 N–H and O–H groups in total. The molecule has 0 saturated carbocycles. The van der Waals surface area contributed by atoms with E-state index in [1.165, 1.54) is 36.8 Å². The topological polar surface area (TPSA) is 80.4 Å². The van der Waals surface area contributed by atoms with Crippen LogP contribution in [0.5, 0.6) is 0 Å². The van der Waals surface area contributed by atoms with Crippen LogP contribution in [0, 0.1) is 0 Å². The van der Waals surface area contributed by atoms with Crippen molar-refractivity contribution in [2.75, 3.05) is 13.1 Å². The van der Waals surface area contributed by atoms with Crippen LogP contribution in [0.2, 0.25) is 5.02 Å². The Balaban J connectivity index is 1.48. The maximum atomic E-state index is 13.8. The monoisotopic (exact) mass is 466 g/mol. The third-order valence-corrected chi connectivity index (χ3v) is 5.46. The fraction of sp³-hybridized carbons (Fsp3) is 0.286. The average Bonchev–Trinajstić information content (AvgIpc) is 3.44. The first-order valence-electron chi connectivity index (χ1n) is 9.77. The van der Waals surface area contributed by atoms with Crippen molar-refractivity contribution in [1.82, 2.24) is 20.0 Å². The van der Waals surface area contributed by atoms with Crippen molar-refractivity contribution in [3.8, 4) is 5.69 Å². The molecule has 0 unspecified atom stereocenters. The molecule has 168 valence electrons. The molecule has 1 aliphatic heterocycles. The van der Waals surface area contributed by atoms with E-state index in [2.05, 4.69) is 10.4 Å². The zero-order chi connectivity index (χ0) is 22.9. The highest BCUT2D eigenvalue weighted by molar-refractivity contribution is 6.30. The number of halogens is 4. The van der Waals surface area contributed by atoms with E-state index in [1.807, 2.05) is 0 Å². The van der Waals surface area contributed by atoms with E-state index >= 15 is 0 Å². The molecule has 11 heteroatoms. The van der Waals surface area contributed by atoms with Crippen molar-refractivity contribution in [2.45, 2.75) is 25.1 Å². The number of benzene rings is 1. The van der Waals surface area contributed by atoms with Gasteiger partial charge >= 0.3 is 6.18 Å². The molecule has 2 aromatic heterocycles. The van der Waals surface area contributed by atoms with Crippen LogP contribution in [0.4, 0.5) is 13.2 Å². The van der Waals surface area contributed by atoms with Gasteiger partial charge in [0.2, 0.25) is 0 Å². The molecule has 3 heterocycles. The molecule has 1 aliphatic rings. The average molecular weight is 467 g/mol. The SMILES string of the molecule is O=C(NC1CCN(C(=O)c2ccoc2)CC1)c1cnn(-c2cccc(Cl)c2)c1C(F)(F)F. The molecule has 1 saturated heterocycles. The van der Waals surface area contributed by atoms with E-state index in [1.54, 1.807) is 11.0 Å². The fourth-order valence-corrected chi connectivity index (χ4v) is 3.83. The molecule has 1 fully saturated rings. The molecule has 0 aliphatic carbocycles. The second-order valence-electron chi connectivity index (χ2n) is 7.35. The Morgan fingerprint density at radius 1 is 1.19 bits per heavy atom. The summed E-state index contributed by atoms with van der Waals surface area (Å²) in [6.07, 6.45) is -0.324. The summed E-state index contributed by atoms with van der Waals surface area (Å²) in [5.41, 5.74) is -1.23. The Morgan fingerprint density at radius 3 is 2.56 bits per heavy atom. The number of likely N-dealkylation sites (tertiary alicyclic amines) is 1. The van der Waals surface area contributed by atoms with Gasteiger partial charge in [-0.2, -0.15) is 18.3 Å². The van der Waals surface area contributed by atoms with Gasteiger partial charge in [-0.15, -0.1) is 0 Å². The van der Waals surface area contributed by atoms with Gasteiger partial charge in [0.15, 0.2) is 5.69 Å². The van der Waals surface area contributed by atoms with E-state index in [9.17, 15) is 22.8 Å². The number of carbonyl (C=O) groups is 2. The Hall–Kier alpha value is -3.27. The molecular formula is C21H18ClF3N4O3. The third-order valence-electron chi connectivity index (χ3n) is 5.22. The van der Waals surface area contributed by atoms with Crippen molar-refractivity contribution in [3.63, 3.8) is 0 Å². The van der Waals surface area contributed by atoms with Gasteiger partial charge in [-0.05, 0) is 37.1 Å². The molecule has 4 rings (SSSR count). The maximum absolute atomic E-state index is 13.8. The van der Waals surface area contributed by atoms with Gasteiger partial charge in [0.1, 0.15) is 6.26 Å². The number of hydrogen-bond acceptors (Lipinski definition) is 4. The second-order valence-corrected chi connectivity index (χ2v) is 7.78. The Bertz CT molecular complexity index is 1120. The molecule has 1 aromatic carbocycles. The molecular weight excluding hydrogens is 449 g/mol. The van der Waals surface area contributed by atoms with E-state index in [-0.39, 0.29) is 22.7 Å². The molecule has 32 heavy (non-hydrogen) atoms. The van der Waals surface area contributed by atoms with Crippen molar-refractivity contribution in [2.24, 2.45) is 0 Å². The van der Waals surface area contributed by atoms with Gasteiger partial charge in [0, 0.05) is 24.2 Å². The van der Waals surface area contributed by atoms with Gasteiger partial charge in [-0.3, -0.25) is 9.59 Å². The van der Waals surface area contributed by atoms with Gasteiger partial charge in [0.05, 0.1) is 29.3 Å². The van der Waals surface area contributed by atoms with Crippen molar-refractivity contribution >= 4 is 23.4 Å². The zero-order valence-electron chi connectivity index (χ0n) is 16.6. The minimum absolute atomic E-state index is 0.0925. The lowest BCUT2D eigenvalue weighted by Crippen LogP contribution is -2.46. The van der Waals surface area contributed by atoms with Gasteiger partial charge in [-0.25, -0.2) is 4.68 Å². The van der Waals surface area contributed by atoms with Crippen molar-refractivity contribution < 1.29 is 27.2 Å². The molecule has 0 spiro atoms. The first-order chi connectivity index (χ1) is 15.2. The summed E-state index contributed by atoms with van der Waals surface area (Å²) < 4.78 is 47.0. The number of nitrogens with one attached hydrogen (secondary N) is 1. The van der Waals surface area contributed by atoms with Crippen LogP contribution < -0.4 is 5.32 Å². The number of hydrogen-bond donors (Lipinski definition) is 1. The molecule has 3 aromatic rings. The first-order valence-corrected chi connectivity index (χ1v) is 10.2. The number of nitrogens with zero attached hydrogens (tertiary/aromatic N) is 3. The number of aromatic nitrogens is 2. The van der Waals surface area contributed by atoms with Crippen LogP contribution >= 0.6 is 11.6 Å². The second kappa shape index (κ2) is 8.70. The van der Waals surface area contributed by atoms with Crippen molar-refractivity contribution in [3.05, 3.63) is 70.9 Å². The molecule has 2 amide bonds. The zero-order valence-corrected chi connectivity index (χ0v) is 17.4. The number of carbonyl (C=O) groups excluding carboxylic acids is 2. The summed E-state index contributed by atoms with van der Waals surface area (Å²) in [5.74, 6) is -1.06. The lowest BCUT2D eigenvalue weighted by Gasteiger charge is -2.32. The minimum Gasteiger partial charge on any atom is -0.472 e. The smallest absolute Gasteiger partial charge is 0.434 e. The first kappa shape index (κ1) is 21.9. The molecule has 7 nitrogen and oxygen atoms in total. The van der Waals surface area contributed by atoms with Crippen molar-refractivity contribution in [1.29, 1.82) is 0 Å². The Labute approximate surface area is 185 Å². The van der Waals surface area contributed by atoms with E-state index in [0.717, 1.165) is 6.20 Å². The van der Waals surface area contributed by atoms with Crippen LogP contribution in [-0.4, -0.2) is 45.6 Å². The summed E-state index contributed by atoms with van der Waals surface area (Å²) in [6, 6.07) is 6.97. The predicted octanol–water partition coefficient (Wildman–Crippen LogP) is 4.17. The van der Waals surface area contributed by atoms with E-state index < -0.39 is 23.3 Å². The predicted molar refractivity (Wildman–Crippen MR) is 109 cm³/mol. The summed E-state index contributed by atoms with van der Waals surface area (Å²) in [4.78, 5) is 26.7.